The van der Waals surface area contributed by atoms with Crippen LogP contribution in [-0.4, -0.2) is 64.7 Å². The molecule has 0 amide bonds. The molecule has 2 saturated heterocycles. The summed E-state index contributed by atoms with van der Waals surface area (Å²) in [5.74, 6) is 0.0500. The van der Waals surface area contributed by atoms with E-state index in [0.29, 0.717) is 13.0 Å². The normalized spacial score (nSPS) is 31.5. The van der Waals surface area contributed by atoms with Crippen molar-refractivity contribution in [3.05, 3.63) is 0 Å². The highest BCUT2D eigenvalue weighted by atomic mass is 32.2. The molecule has 0 saturated carbocycles. The molecule has 0 aliphatic carbocycles. The van der Waals surface area contributed by atoms with Crippen molar-refractivity contribution >= 4 is 19.9 Å². The van der Waals surface area contributed by atoms with Gasteiger partial charge in [-0.3, -0.25) is 0 Å². The van der Waals surface area contributed by atoms with E-state index in [1.165, 1.54) is 11.4 Å². The minimum atomic E-state index is -3.29. The summed E-state index contributed by atoms with van der Waals surface area (Å²) in [6.07, 6.45) is 1.67. The van der Waals surface area contributed by atoms with E-state index in [0.717, 1.165) is 6.26 Å². The molecule has 0 aromatic heterocycles. The highest BCUT2D eigenvalue weighted by Gasteiger charge is 2.63. The van der Waals surface area contributed by atoms with Crippen LogP contribution in [0.4, 0.5) is 0 Å². The lowest BCUT2D eigenvalue weighted by molar-refractivity contribution is 0.0870. The van der Waals surface area contributed by atoms with E-state index < -0.39 is 24.6 Å². The first-order chi connectivity index (χ1) is 7.73. The number of sulfonamides is 1. The summed E-state index contributed by atoms with van der Waals surface area (Å²) in [6.45, 7) is 0.543. The fourth-order valence-electron chi connectivity index (χ4n) is 2.69. The molecular weight excluding hydrogens is 266 g/mol. The fourth-order valence-corrected chi connectivity index (χ4v) is 6.19. The van der Waals surface area contributed by atoms with E-state index in [1.807, 2.05) is 0 Å². The number of hydrogen-bond acceptors (Lipinski definition) is 5. The molecular formula is C9H17NO5S2. The van der Waals surface area contributed by atoms with Gasteiger partial charge in [0.1, 0.15) is 4.75 Å². The van der Waals surface area contributed by atoms with Crippen LogP contribution in [0.3, 0.4) is 0 Å². The predicted molar refractivity (Wildman–Crippen MR) is 62.9 cm³/mol. The van der Waals surface area contributed by atoms with Crippen LogP contribution in [0.1, 0.15) is 6.42 Å². The van der Waals surface area contributed by atoms with Gasteiger partial charge >= 0.3 is 0 Å². The summed E-state index contributed by atoms with van der Waals surface area (Å²) < 4.78 is 52.1. The van der Waals surface area contributed by atoms with Crippen LogP contribution in [0, 0.1) is 5.92 Å². The van der Waals surface area contributed by atoms with Gasteiger partial charge in [-0.15, -0.1) is 0 Å². The van der Waals surface area contributed by atoms with Crippen molar-refractivity contribution in [3.63, 3.8) is 0 Å². The van der Waals surface area contributed by atoms with Gasteiger partial charge in [0.25, 0.3) is 0 Å². The molecule has 2 aliphatic rings. The van der Waals surface area contributed by atoms with Crippen LogP contribution < -0.4 is 0 Å². The van der Waals surface area contributed by atoms with Crippen molar-refractivity contribution < 1.29 is 21.6 Å². The van der Waals surface area contributed by atoms with E-state index in [4.69, 9.17) is 4.74 Å². The number of sulfone groups is 1. The molecule has 0 aromatic carbocycles. The zero-order valence-electron chi connectivity index (χ0n) is 9.92. The molecule has 0 aromatic rings. The van der Waals surface area contributed by atoms with Gasteiger partial charge < -0.3 is 4.74 Å². The molecule has 100 valence electrons. The Morgan fingerprint density at radius 2 is 2.00 bits per heavy atom. The lowest BCUT2D eigenvalue weighted by Crippen LogP contribution is -2.68. The summed E-state index contributed by atoms with van der Waals surface area (Å²) in [5, 5.41) is 0. The Bertz CT molecular complexity index is 504. The van der Waals surface area contributed by atoms with Gasteiger partial charge in [0.2, 0.25) is 10.0 Å². The van der Waals surface area contributed by atoms with Crippen LogP contribution in [0.15, 0.2) is 0 Å². The third kappa shape index (κ3) is 1.91. The lowest BCUT2D eigenvalue weighted by Gasteiger charge is -2.48. The molecule has 0 radical (unpaired) electrons. The molecule has 1 atom stereocenters. The molecule has 1 unspecified atom stereocenters. The second-order valence-corrected chi connectivity index (χ2v) is 9.29. The number of nitrogens with zero attached hydrogens (tertiary/aromatic N) is 1. The molecule has 1 spiro atoms. The molecule has 0 N–H and O–H groups in total. The zero-order valence-corrected chi connectivity index (χ0v) is 11.6. The average Bonchev–Trinajstić information content (AvgIpc) is 2.34. The van der Waals surface area contributed by atoms with Gasteiger partial charge in [-0.25, -0.2) is 16.8 Å². The largest absolute Gasteiger partial charge is 0.384 e. The molecule has 2 fully saturated rings. The van der Waals surface area contributed by atoms with Gasteiger partial charge in [-0.2, -0.15) is 4.31 Å². The van der Waals surface area contributed by atoms with Crippen molar-refractivity contribution in [1.29, 1.82) is 0 Å². The highest BCUT2D eigenvalue weighted by Crippen LogP contribution is 2.45. The fraction of sp³-hybridized carbons (Fsp3) is 1.00. The van der Waals surface area contributed by atoms with Crippen molar-refractivity contribution in [2.45, 2.75) is 11.2 Å². The Balaban J connectivity index is 2.24. The summed E-state index contributed by atoms with van der Waals surface area (Å²) >= 11 is 0. The van der Waals surface area contributed by atoms with Crippen molar-refractivity contribution in [2.24, 2.45) is 5.92 Å². The van der Waals surface area contributed by atoms with Gasteiger partial charge in [-0.05, 0) is 6.42 Å². The quantitative estimate of drug-likeness (QED) is 0.669. The summed E-state index contributed by atoms with van der Waals surface area (Å²) in [5.41, 5.74) is 0. The standard InChI is InChI=1S/C9H17NO5S2/c1-15-5-8-3-4-17(13,14)9(8)6-10(7-9)16(2,11)12/h8H,3-7H2,1-2H3. The van der Waals surface area contributed by atoms with Gasteiger partial charge in [0.15, 0.2) is 9.84 Å². The molecule has 2 rings (SSSR count). The monoisotopic (exact) mass is 283 g/mol. The Morgan fingerprint density at radius 3 is 2.47 bits per heavy atom. The maximum atomic E-state index is 12.0. The molecule has 2 heterocycles. The summed E-state index contributed by atoms with van der Waals surface area (Å²) in [7, 11) is -4.96. The first-order valence-corrected chi connectivity index (χ1v) is 8.89. The average molecular weight is 283 g/mol. The summed E-state index contributed by atoms with van der Waals surface area (Å²) in [4.78, 5) is 0. The number of rotatable bonds is 3. The number of ether oxygens (including phenoxy) is 1. The van der Waals surface area contributed by atoms with Crippen molar-refractivity contribution in [1.82, 2.24) is 4.31 Å². The molecule has 2 aliphatic heterocycles. The first-order valence-electron chi connectivity index (χ1n) is 5.39. The maximum Gasteiger partial charge on any atom is 0.211 e. The van der Waals surface area contributed by atoms with E-state index in [1.54, 1.807) is 0 Å². The minimum absolute atomic E-state index is 0.0855. The van der Waals surface area contributed by atoms with E-state index in [9.17, 15) is 16.8 Å². The molecule has 17 heavy (non-hydrogen) atoms. The van der Waals surface area contributed by atoms with Gasteiger partial charge in [0.05, 0.1) is 18.6 Å². The van der Waals surface area contributed by atoms with Crippen molar-refractivity contribution in [2.75, 3.05) is 38.8 Å². The predicted octanol–water partition coefficient (Wildman–Crippen LogP) is -0.918. The van der Waals surface area contributed by atoms with Crippen LogP contribution in [0.25, 0.3) is 0 Å². The second kappa shape index (κ2) is 3.91. The molecule has 0 bridgehead atoms. The zero-order chi connectivity index (χ0) is 12.9. The topological polar surface area (TPSA) is 80.8 Å². The van der Waals surface area contributed by atoms with Crippen LogP contribution in [-0.2, 0) is 24.6 Å². The number of hydrogen-bond donors (Lipinski definition) is 0. The highest BCUT2D eigenvalue weighted by molar-refractivity contribution is 7.93. The van der Waals surface area contributed by atoms with Crippen molar-refractivity contribution in [3.8, 4) is 0 Å². The SMILES string of the molecule is COCC1CCS(=O)(=O)C12CN(S(C)(=O)=O)C2. The van der Waals surface area contributed by atoms with Crippen LogP contribution in [0.5, 0.6) is 0 Å². The Labute approximate surface area is 102 Å². The maximum absolute atomic E-state index is 12.0. The first kappa shape index (κ1) is 13.3. The van der Waals surface area contributed by atoms with E-state index in [-0.39, 0.29) is 24.8 Å². The lowest BCUT2D eigenvalue weighted by atomic mass is 9.85. The smallest absolute Gasteiger partial charge is 0.211 e. The van der Waals surface area contributed by atoms with E-state index >= 15 is 0 Å². The van der Waals surface area contributed by atoms with Gasteiger partial charge in [-0.1, -0.05) is 0 Å². The van der Waals surface area contributed by atoms with E-state index in [2.05, 4.69) is 0 Å². The van der Waals surface area contributed by atoms with Crippen LogP contribution in [0.2, 0.25) is 0 Å². The third-order valence-corrected chi connectivity index (χ3v) is 7.62. The minimum Gasteiger partial charge on any atom is -0.384 e. The summed E-state index contributed by atoms with van der Waals surface area (Å²) in [6, 6.07) is 0. The molecule has 8 heteroatoms. The Morgan fingerprint density at radius 1 is 1.41 bits per heavy atom. The molecule has 6 nitrogen and oxygen atoms in total. The third-order valence-electron chi connectivity index (χ3n) is 3.82. The Hall–Kier alpha value is -0.180. The second-order valence-electron chi connectivity index (χ2n) is 4.86. The van der Waals surface area contributed by atoms with Gasteiger partial charge in [0, 0.05) is 26.1 Å². The number of methoxy groups -OCH3 is 1. The van der Waals surface area contributed by atoms with Crippen LogP contribution >= 0.6 is 0 Å². The Kier molecular flexibility index (Phi) is 3.05.